The van der Waals surface area contributed by atoms with Crippen LogP contribution in [0.5, 0.6) is 0 Å². The van der Waals surface area contributed by atoms with Gasteiger partial charge in [-0.1, -0.05) is 27.7 Å². The molecule has 1 N–H and O–H groups in total. The zero-order chi connectivity index (χ0) is 16.8. The normalized spacial score (nSPS) is 31.9. The van der Waals surface area contributed by atoms with E-state index in [0.29, 0.717) is 31.7 Å². The molecule has 0 aromatic carbocycles. The van der Waals surface area contributed by atoms with E-state index in [1.807, 2.05) is 20.8 Å². The van der Waals surface area contributed by atoms with Crippen LogP contribution in [-0.4, -0.2) is 48.6 Å². The van der Waals surface area contributed by atoms with E-state index in [-0.39, 0.29) is 23.5 Å². The molecule has 6 heteroatoms. The molecule has 0 saturated heterocycles. The number of nitrogens with zero attached hydrogens (tertiary/aromatic N) is 1. The molecule has 2 aliphatic rings. The number of hydrogen-bond donors (Lipinski definition) is 1. The molecule has 0 amide bonds. The number of fused-ring (bicyclic) bond motifs is 2. The number of Topliss-reactive ketones (excluding diaryl/α,β-unsaturated/α-hetero) is 1. The highest BCUT2D eigenvalue weighted by atomic mass is 32.2. The lowest BCUT2D eigenvalue weighted by Crippen LogP contribution is -2.48. The second-order valence-electron chi connectivity index (χ2n) is 7.44. The Kier molecular flexibility index (Phi) is 4.78. The summed E-state index contributed by atoms with van der Waals surface area (Å²) in [5.41, 5.74) is -0.985. The lowest BCUT2D eigenvalue weighted by molar-refractivity contribution is -0.128. The van der Waals surface area contributed by atoms with Gasteiger partial charge < -0.3 is 5.11 Å². The van der Waals surface area contributed by atoms with E-state index in [1.165, 1.54) is 4.31 Å². The van der Waals surface area contributed by atoms with Gasteiger partial charge in [0.15, 0.2) is 0 Å². The molecular weight excluding hydrogens is 302 g/mol. The minimum atomic E-state index is -3.56. The van der Waals surface area contributed by atoms with Gasteiger partial charge in [0.2, 0.25) is 10.0 Å². The Morgan fingerprint density at radius 2 is 2.00 bits per heavy atom. The van der Waals surface area contributed by atoms with Gasteiger partial charge in [0.05, 0.1) is 11.9 Å². The fraction of sp³-hybridized carbons (Fsp3) is 0.938. The van der Waals surface area contributed by atoms with Crippen LogP contribution in [0.3, 0.4) is 0 Å². The van der Waals surface area contributed by atoms with Gasteiger partial charge in [-0.25, -0.2) is 8.42 Å². The van der Waals surface area contributed by atoms with Crippen molar-refractivity contribution in [1.82, 2.24) is 4.31 Å². The first kappa shape index (κ1) is 17.9. The highest BCUT2D eigenvalue weighted by Crippen LogP contribution is 2.64. The zero-order valence-electron chi connectivity index (χ0n) is 14.1. The van der Waals surface area contributed by atoms with E-state index in [4.69, 9.17) is 0 Å². The predicted molar refractivity (Wildman–Crippen MR) is 85.9 cm³/mol. The summed E-state index contributed by atoms with van der Waals surface area (Å²) in [6, 6.07) is 0. The van der Waals surface area contributed by atoms with Crippen LogP contribution < -0.4 is 0 Å². The third kappa shape index (κ3) is 2.63. The maximum atomic E-state index is 12.8. The lowest BCUT2D eigenvalue weighted by atomic mass is 9.70. The van der Waals surface area contributed by atoms with Gasteiger partial charge in [-0.3, -0.25) is 4.79 Å². The van der Waals surface area contributed by atoms with E-state index >= 15 is 0 Å². The molecule has 2 rings (SSSR count). The van der Waals surface area contributed by atoms with Crippen molar-refractivity contribution in [3.8, 4) is 0 Å². The molecule has 3 unspecified atom stereocenters. The summed E-state index contributed by atoms with van der Waals surface area (Å²) in [6.45, 7) is 8.13. The second kappa shape index (κ2) is 5.87. The van der Waals surface area contributed by atoms with Crippen molar-refractivity contribution in [2.75, 3.05) is 18.8 Å². The Morgan fingerprint density at radius 3 is 2.41 bits per heavy atom. The minimum absolute atomic E-state index is 0.105. The number of likely N-dealkylation sites (N-methyl/N-ethyl adjacent to an activating group) is 1. The van der Waals surface area contributed by atoms with Crippen LogP contribution >= 0.6 is 0 Å². The van der Waals surface area contributed by atoms with Gasteiger partial charge >= 0.3 is 0 Å². The van der Waals surface area contributed by atoms with Crippen molar-refractivity contribution in [1.29, 1.82) is 0 Å². The van der Waals surface area contributed by atoms with Gasteiger partial charge in [0, 0.05) is 24.9 Å². The summed E-state index contributed by atoms with van der Waals surface area (Å²) >= 11 is 0. The monoisotopic (exact) mass is 331 g/mol. The molecule has 0 aromatic rings. The Balaban J connectivity index is 2.26. The maximum Gasteiger partial charge on any atom is 0.215 e. The van der Waals surface area contributed by atoms with Crippen molar-refractivity contribution < 1.29 is 18.3 Å². The van der Waals surface area contributed by atoms with Gasteiger partial charge in [-0.05, 0) is 30.6 Å². The third-order valence-corrected chi connectivity index (χ3v) is 8.25. The number of aliphatic hydroxyl groups is 1. The first-order valence-electron chi connectivity index (χ1n) is 8.30. The van der Waals surface area contributed by atoms with E-state index in [1.54, 1.807) is 6.92 Å². The van der Waals surface area contributed by atoms with Crippen LogP contribution in [0.15, 0.2) is 0 Å². The number of carbonyl (C=O) groups excluding carboxylic acids is 1. The average molecular weight is 331 g/mol. The van der Waals surface area contributed by atoms with Crippen molar-refractivity contribution in [3.63, 3.8) is 0 Å². The number of rotatable bonds is 7. The van der Waals surface area contributed by atoms with Crippen molar-refractivity contribution in [2.24, 2.45) is 16.7 Å². The van der Waals surface area contributed by atoms with Crippen LogP contribution in [0.25, 0.3) is 0 Å². The fourth-order valence-corrected chi connectivity index (χ4v) is 6.59. The number of hydrogen-bond acceptors (Lipinski definition) is 4. The highest BCUT2D eigenvalue weighted by molar-refractivity contribution is 7.89. The van der Waals surface area contributed by atoms with E-state index in [0.717, 1.165) is 6.42 Å². The summed E-state index contributed by atoms with van der Waals surface area (Å²) in [6.07, 6.45) is 2.00. The first-order chi connectivity index (χ1) is 10.1. The molecule has 2 fully saturated rings. The van der Waals surface area contributed by atoms with Crippen molar-refractivity contribution >= 4 is 15.8 Å². The molecule has 5 nitrogen and oxygen atoms in total. The van der Waals surface area contributed by atoms with Gasteiger partial charge in [-0.15, -0.1) is 0 Å². The number of sulfonamides is 1. The molecule has 3 atom stereocenters. The summed E-state index contributed by atoms with van der Waals surface area (Å²) in [5.74, 6) is 0.322. The molecule has 0 aromatic heterocycles. The van der Waals surface area contributed by atoms with Crippen LogP contribution in [0, 0.1) is 16.7 Å². The second-order valence-corrected chi connectivity index (χ2v) is 9.40. The smallest absolute Gasteiger partial charge is 0.215 e. The zero-order valence-corrected chi connectivity index (χ0v) is 14.9. The maximum absolute atomic E-state index is 12.8. The lowest BCUT2D eigenvalue weighted by Gasteiger charge is -2.37. The first-order valence-corrected chi connectivity index (χ1v) is 9.91. The highest BCUT2D eigenvalue weighted by Gasteiger charge is 2.65. The molecule has 2 bridgehead atoms. The topological polar surface area (TPSA) is 74.7 Å². The SMILES string of the molecule is CCC(O)CN(CC)S(=O)(=O)CC12CCC(CC1=O)C2(C)C. The predicted octanol–water partition coefficient (Wildman–Crippen LogP) is 1.80. The number of ketones is 1. The molecule has 2 saturated carbocycles. The van der Waals surface area contributed by atoms with Crippen molar-refractivity contribution in [2.45, 2.75) is 59.5 Å². The van der Waals surface area contributed by atoms with Crippen LogP contribution in [0.1, 0.15) is 53.4 Å². The fourth-order valence-electron chi connectivity index (χ4n) is 4.31. The van der Waals surface area contributed by atoms with E-state index in [2.05, 4.69) is 0 Å². The summed E-state index contributed by atoms with van der Waals surface area (Å²) in [7, 11) is -3.56. The molecule has 0 spiro atoms. The van der Waals surface area contributed by atoms with Crippen molar-refractivity contribution in [3.05, 3.63) is 0 Å². The van der Waals surface area contributed by atoms with Crippen LogP contribution in [-0.2, 0) is 14.8 Å². The van der Waals surface area contributed by atoms with Crippen LogP contribution in [0.2, 0.25) is 0 Å². The Hall–Kier alpha value is -0.460. The summed E-state index contributed by atoms with van der Waals surface area (Å²) in [5, 5.41) is 9.79. The molecule has 0 radical (unpaired) electrons. The molecule has 2 aliphatic carbocycles. The molecular formula is C16H29NO4S. The standard InChI is InChI=1S/C16H29NO4S/c1-5-13(18)10-17(6-2)22(20,21)11-16-8-7-12(9-14(16)19)15(16,3)4/h12-13,18H,5-11H2,1-4H3. The summed E-state index contributed by atoms with van der Waals surface area (Å²) < 4.78 is 27.0. The van der Waals surface area contributed by atoms with Gasteiger partial charge in [0.1, 0.15) is 5.78 Å². The Labute approximate surface area is 134 Å². The number of carbonyl (C=O) groups is 1. The summed E-state index contributed by atoms with van der Waals surface area (Å²) in [4.78, 5) is 12.5. The molecule has 22 heavy (non-hydrogen) atoms. The quantitative estimate of drug-likeness (QED) is 0.772. The number of aliphatic hydroxyl groups excluding tert-OH is 1. The molecule has 0 aliphatic heterocycles. The Bertz CT molecular complexity index is 542. The van der Waals surface area contributed by atoms with E-state index in [9.17, 15) is 18.3 Å². The third-order valence-electron chi connectivity index (χ3n) is 6.20. The molecule has 0 heterocycles. The minimum Gasteiger partial charge on any atom is -0.392 e. The van der Waals surface area contributed by atoms with Crippen LogP contribution in [0.4, 0.5) is 0 Å². The average Bonchev–Trinajstić information content (AvgIpc) is 2.77. The van der Waals surface area contributed by atoms with E-state index < -0.39 is 21.5 Å². The van der Waals surface area contributed by atoms with Gasteiger partial charge in [0.25, 0.3) is 0 Å². The largest absolute Gasteiger partial charge is 0.392 e. The van der Waals surface area contributed by atoms with Gasteiger partial charge in [-0.2, -0.15) is 4.31 Å². The Morgan fingerprint density at radius 1 is 1.36 bits per heavy atom. The molecule has 128 valence electrons.